The monoisotopic (exact) mass is 406 g/mol. The van der Waals surface area contributed by atoms with Gasteiger partial charge in [0.1, 0.15) is 0 Å². The molecule has 1 aliphatic heterocycles. The zero-order valence-electron chi connectivity index (χ0n) is 16.2. The SMILES string of the molecule is Cc1ccc2c(c1)CCCN2C(=O)SCC(=O)Nc1ccc(-n2cccn2)cc1. The van der Waals surface area contributed by atoms with Gasteiger partial charge < -0.3 is 10.2 Å². The smallest absolute Gasteiger partial charge is 0.286 e. The number of rotatable bonds is 4. The Morgan fingerprint density at radius 1 is 1.17 bits per heavy atom. The maximum Gasteiger partial charge on any atom is 0.286 e. The minimum absolute atomic E-state index is 0.0808. The lowest BCUT2D eigenvalue weighted by Crippen LogP contribution is -2.33. The van der Waals surface area contributed by atoms with Gasteiger partial charge in [-0.15, -0.1) is 0 Å². The summed E-state index contributed by atoms with van der Waals surface area (Å²) in [6, 6.07) is 15.4. The lowest BCUT2D eigenvalue weighted by Gasteiger charge is -2.29. The Labute approximate surface area is 173 Å². The Hall–Kier alpha value is -3.06. The largest absolute Gasteiger partial charge is 0.325 e. The molecule has 2 amide bonds. The summed E-state index contributed by atoms with van der Waals surface area (Å²) in [5.41, 5.74) is 4.97. The van der Waals surface area contributed by atoms with Crippen LogP contribution < -0.4 is 10.2 Å². The molecule has 29 heavy (non-hydrogen) atoms. The van der Waals surface area contributed by atoms with E-state index in [-0.39, 0.29) is 16.9 Å². The Bertz CT molecular complexity index is 1020. The summed E-state index contributed by atoms with van der Waals surface area (Å²) in [6.07, 6.45) is 5.50. The van der Waals surface area contributed by atoms with E-state index in [1.807, 2.05) is 48.7 Å². The van der Waals surface area contributed by atoms with Gasteiger partial charge in [-0.25, -0.2) is 4.68 Å². The lowest BCUT2D eigenvalue weighted by atomic mass is 10.0. The van der Waals surface area contributed by atoms with Crippen molar-refractivity contribution in [1.29, 1.82) is 0 Å². The molecule has 0 unspecified atom stereocenters. The number of hydrogen-bond donors (Lipinski definition) is 1. The Kier molecular flexibility index (Phi) is 5.67. The highest BCUT2D eigenvalue weighted by molar-refractivity contribution is 8.14. The van der Waals surface area contributed by atoms with Gasteiger partial charge in [0, 0.05) is 30.3 Å². The summed E-state index contributed by atoms with van der Waals surface area (Å²) in [4.78, 5) is 26.7. The summed E-state index contributed by atoms with van der Waals surface area (Å²) in [5.74, 6) is -0.117. The summed E-state index contributed by atoms with van der Waals surface area (Å²) in [5, 5.41) is 6.93. The fraction of sp³-hybridized carbons (Fsp3) is 0.227. The molecule has 0 radical (unpaired) electrons. The zero-order chi connectivity index (χ0) is 20.2. The van der Waals surface area contributed by atoms with Crippen molar-refractivity contribution in [3.05, 3.63) is 72.1 Å². The van der Waals surface area contributed by atoms with Crippen molar-refractivity contribution in [1.82, 2.24) is 9.78 Å². The molecule has 0 atom stereocenters. The molecule has 2 heterocycles. The number of fused-ring (bicyclic) bond motifs is 1. The second kappa shape index (κ2) is 8.53. The maximum atomic E-state index is 12.7. The fourth-order valence-corrected chi connectivity index (χ4v) is 4.11. The summed E-state index contributed by atoms with van der Waals surface area (Å²) in [7, 11) is 0. The van der Waals surface area contributed by atoms with Gasteiger partial charge in [0.25, 0.3) is 5.24 Å². The number of nitrogens with zero attached hydrogens (tertiary/aromatic N) is 3. The summed E-state index contributed by atoms with van der Waals surface area (Å²) in [6.45, 7) is 2.75. The first-order chi connectivity index (χ1) is 14.1. The molecule has 148 valence electrons. The molecule has 0 bridgehead atoms. The molecule has 0 fully saturated rings. The van der Waals surface area contributed by atoms with Gasteiger partial charge >= 0.3 is 0 Å². The number of aryl methyl sites for hydroxylation is 2. The van der Waals surface area contributed by atoms with Crippen LogP contribution in [0.25, 0.3) is 5.69 Å². The van der Waals surface area contributed by atoms with Crippen LogP contribution in [-0.4, -0.2) is 33.2 Å². The average molecular weight is 407 g/mol. The van der Waals surface area contributed by atoms with E-state index in [1.165, 1.54) is 11.1 Å². The third kappa shape index (κ3) is 4.51. The van der Waals surface area contributed by atoms with E-state index in [0.717, 1.165) is 36.0 Å². The topological polar surface area (TPSA) is 67.2 Å². The number of anilines is 2. The second-order valence-corrected chi connectivity index (χ2v) is 7.91. The van der Waals surface area contributed by atoms with Crippen LogP contribution in [0.4, 0.5) is 16.2 Å². The first kappa shape index (κ1) is 19.3. The predicted octanol–water partition coefficient (Wildman–Crippen LogP) is 4.43. The van der Waals surface area contributed by atoms with Crippen molar-refractivity contribution in [2.75, 3.05) is 22.5 Å². The second-order valence-electron chi connectivity index (χ2n) is 6.99. The first-order valence-corrected chi connectivity index (χ1v) is 10.5. The Morgan fingerprint density at radius 3 is 2.76 bits per heavy atom. The number of carbonyl (C=O) groups is 2. The molecular weight excluding hydrogens is 384 g/mol. The van der Waals surface area contributed by atoms with Crippen LogP contribution in [0.3, 0.4) is 0 Å². The van der Waals surface area contributed by atoms with Crippen molar-refractivity contribution < 1.29 is 9.59 Å². The van der Waals surface area contributed by atoms with Crippen LogP contribution in [0, 0.1) is 6.92 Å². The van der Waals surface area contributed by atoms with E-state index in [2.05, 4.69) is 23.4 Å². The predicted molar refractivity (Wildman–Crippen MR) is 117 cm³/mol. The van der Waals surface area contributed by atoms with Gasteiger partial charge in [0.15, 0.2) is 0 Å². The number of amides is 2. The number of aromatic nitrogens is 2. The molecule has 3 aromatic rings. The van der Waals surface area contributed by atoms with Crippen molar-refractivity contribution in [2.24, 2.45) is 0 Å². The maximum absolute atomic E-state index is 12.7. The molecule has 7 heteroatoms. The van der Waals surface area contributed by atoms with E-state index < -0.39 is 0 Å². The van der Waals surface area contributed by atoms with Gasteiger partial charge in [0.05, 0.1) is 11.4 Å². The summed E-state index contributed by atoms with van der Waals surface area (Å²) >= 11 is 1.04. The van der Waals surface area contributed by atoms with Gasteiger partial charge in [-0.05, 0) is 61.7 Å². The molecule has 0 saturated heterocycles. The standard InChI is InChI=1S/C22H22N4O2S/c1-16-5-10-20-17(14-16)4-2-12-25(20)22(28)29-15-21(27)24-18-6-8-19(9-7-18)26-13-3-11-23-26/h3,5-11,13-14H,2,4,12,15H2,1H3,(H,24,27). The lowest BCUT2D eigenvalue weighted by molar-refractivity contribution is -0.113. The molecule has 1 N–H and O–H groups in total. The Morgan fingerprint density at radius 2 is 2.00 bits per heavy atom. The van der Waals surface area contributed by atoms with Crippen LogP contribution in [0.15, 0.2) is 60.9 Å². The van der Waals surface area contributed by atoms with E-state index in [4.69, 9.17) is 0 Å². The molecule has 4 rings (SSSR count). The van der Waals surface area contributed by atoms with Crippen molar-refractivity contribution in [3.8, 4) is 5.69 Å². The zero-order valence-corrected chi connectivity index (χ0v) is 17.0. The van der Waals surface area contributed by atoms with E-state index in [9.17, 15) is 9.59 Å². The third-order valence-corrected chi connectivity index (χ3v) is 5.69. The van der Waals surface area contributed by atoms with E-state index in [1.54, 1.807) is 15.8 Å². The van der Waals surface area contributed by atoms with Crippen molar-refractivity contribution in [3.63, 3.8) is 0 Å². The minimum Gasteiger partial charge on any atom is -0.325 e. The highest BCUT2D eigenvalue weighted by Crippen LogP contribution is 2.30. The van der Waals surface area contributed by atoms with Crippen LogP contribution in [0.5, 0.6) is 0 Å². The van der Waals surface area contributed by atoms with Crippen molar-refractivity contribution >= 4 is 34.3 Å². The molecule has 1 aliphatic rings. The average Bonchev–Trinajstić information content (AvgIpc) is 3.27. The van der Waals surface area contributed by atoms with Gasteiger partial charge in [0.2, 0.25) is 5.91 Å². The third-order valence-electron chi connectivity index (χ3n) is 4.82. The molecule has 0 aliphatic carbocycles. The van der Waals surface area contributed by atoms with Crippen LogP contribution in [0.2, 0.25) is 0 Å². The van der Waals surface area contributed by atoms with Crippen LogP contribution >= 0.6 is 11.8 Å². The molecular formula is C22H22N4O2S. The molecule has 6 nitrogen and oxygen atoms in total. The number of thioether (sulfide) groups is 1. The summed E-state index contributed by atoms with van der Waals surface area (Å²) < 4.78 is 1.75. The quantitative estimate of drug-likeness (QED) is 0.696. The molecule has 2 aromatic carbocycles. The van der Waals surface area contributed by atoms with E-state index >= 15 is 0 Å². The van der Waals surface area contributed by atoms with Crippen LogP contribution in [-0.2, 0) is 11.2 Å². The number of nitrogens with one attached hydrogen (secondary N) is 1. The molecule has 0 spiro atoms. The number of benzene rings is 2. The normalized spacial score (nSPS) is 13.1. The number of hydrogen-bond acceptors (Lipinski definition) is 4. The highest BCUT2D eigenvalue weighted by Gasteiger charge is 2.23. The molecule has 1 aromatic heterocycles. The first-order valence-electron chi connectivity index (χ1n) is 9.54. The highest BCUT2D eigenvalue weighted by atomic mass is 32.2. The van der Waals surface area contributed by atoms with Crippen LogP contribution in [0.1, 0.15) is 17.5 Å². The number of carbonyl (C=O) groups excluding carboxylic acids is 2. The Balaban J connectivity index is 1.32. The van der Waals surface area contributed by atoms with E-state index in [0.29, 0.717) is 12.2 Å². The minimum atomic E-state index is -0.198. The fourth-order valence-electron chi connectivity index (χ4n) is 3.44. The van der Waals surface area contributed by atoms with Gasteiger partial charge in [-0.2, -0.15) is 5.10 Å². The molecule has 0 saturated carbocycles. The van der Waals surface area contributed by atoms with Gasteiger partial charge in [-0.3, -0.25) is 9.59 Å². The van der Waals surface area contributed by atoms with Gasteiger partial charge in [-0.1, -0.05) is 29.5 Å². The van der Waals surface area contributed by atoms with Crippen molar-refractivity contribution in [2.45, 2.75) is 19.8 Å².